The first kappa shape index (κ1) is 15.4. The lowest BCUT2D eigenvalue weighted by Crippen LogP contribution is -2.17. The zero-order chi connectivity index (χ0) is 10.6. The molecule has 2 nitrogen and oxygen atoms in total. The maximum atomic E-state index is 5.47. The Morgan fingerprint density at radius 3 is 2.21 bits per heavy atom. The van der Waals surface area contributed by atoms with Gasteiger partial charge in [-0.3, -0.25) is 0 Å². The van der Waals surface area contributed by atoms with Gasteiger partial charge in [0.15, 0.2) is 6.29 Å². The third-order valence-electron chi connectivity index (χ3n) is 2.03. The molecule has 0 aliphatic carbocycles. The molecule has 4 heteroatoms. The molecule has 0 aromatic carbocycles. The van der Waals surface area contributed by atoms with Crippen molar-refractivity contribution in [3.63, 3.8) is 0 Å². The van der Waals surface area contributed by atoms with E-state index in [1.165, 1.54) is 23.8 Å². The van der Waals surface area contributed by atoms with Gasteiger partial charge in [0.1, 0.15) is 0 Å². The molecule has 82 valence electrons. The number of unbranched alkanes of at least 4 members (excludes halogenated alkanes) is 2. The Hall–Kier alpha value is 1.42. The molecule has 0 spiro atoms. The monoisotopic (exact) mass is 324 g/mol. The summed E-state index contributed by atoms with van der Waals surface area (Å²) in [5, 5.41) is 0. The highest BCUT2D eigenvalue weighted by Gasteiger charge is 2.06. The van der Waals surface area contributed by atoms with Crippen molar-refractivity contribution >= 4 is 35.3 Å². The molecule has 0 bridgehead atoms. The van der Waals surface area contributed by atoms with Crippen LogP contribution in [0.3, 0.4) is 0 Å². The quantitative estimate of drug-likeness (QED) is 0.265. The van der Waals surface area contributed by atoms with E-state index >= 15 is 0 Å². The number of rotatable bonds is 10. The topological polar surface area (TPSA) is 18.5 Å². The van der Waals surface area contributed by atoms with Gasteiger partial charge in [0, 0.05) is 13.2 Å². The molecular formula is C10H21IMgO2. The summed E-state index contributed by atoms with van der Waals surface area (Å²) in [4.78, 5) is 0. The van der Waals surface area contributed by atoms with Crippen LogP contribution in [0.4, 0.5) is 0 Å². The molecule has 0 aromatic rings. The molecule has 0 rings (SSSR count). The van der Waals surface area contributed by atoms with E-state index in [2.05, 4.69) is 18.9 Å². The minimum absolute atomic E-state index is 0.0434. The molecule has 0 amide bonds. The lowest BCUT2D eigenvalue weighted by atomic mass is 10.2. The van der Waals surface area contributed by atoms with Gasteiger partial charge in [-0.25, -0.2) is 0 Å². The summed E-state index contributed by atoms with van der Waals surface area (Å²) < 4.78 is 12.4. The lowest BCUT2D eigenvalue weighted by Gasteiger charge is -2.16. The number of hydrogen-bond donors (Lipinski definition) is 0. The van der Waals surface area contributed by atoms with E-state index in [0.717, 1.165) is 19.6 Å². The van der Waals surface area contributed by atoms with Gasteiger partial charge >= 0.3 is 16.5 Å². The van der Waals surface area contributed by atoms with Crippen LogP contribution in [0.2, 0.25) is 4.55 Å². The smallest absolute Gasteiger partial charge is 0.353 e. The molecule has 0 N–H and O–H groups in total. The number of hydrogen-bond acceptors (Lipinski definition) is 2. The molecule has 0 saturated heterocycles. The fraction of sp³-hybridized carbons (Fsp3) is 1.00. The van der Waals surface area contributed by atoms with Crippen LogP contribution in [0.25, 0.3) is 0 Å². The Kier molecular flexibility index (Phi) is 13.7. The van der Waals surface area contributed by atoms with Crippen molar-refractivity contribution in [1.29, 1.82) is 0 Å². The molecule has 0 radical (unpaired) electrons. The van der Waals surface area contributed by atoms with Crippen LogP contribution in [0.1, 0.15) is 39.5 Å². The third-order valence-corrected chi connectivity index (χ3v) is 5.08. The Balaban J connectivity index is 3.30. The van der Waals surface area contributed by atoms with Crippen LogP contribution in [-0.2, 0) is 9.47 Å². The van der Waals surface area contributed by atoms with E-state index in [-0.39, 0.29) is 22.8 Å². The standard InChI is InChI=1S/C10H21O2.HI.Mg/c1-4-7-8-9-10(11-5-2)12-6-3;;/h10H,1,4-9H2,2-3H3;1H;/q;;+1/p-1. The van der Waals surface area contributed by atoms with Gasteiger partial charge in [-0.1, -0.05) is 12.8 Å². The first-order valence-corrected chi connectivity index (χ1v) is 11.7. The van der Waals surface area contributed by atoms with Gasteiger partial charge in [0.25, 0.3) is 0 Å². The second kappa shape index (κ2) is 12.5. The fourth-order valence-corrected chi connectivity index (χ4v) is 3.51. The Morgan fingerprint density at radius 2 is 1.71 bits per heavy atom. The zero-order valence-corrected chi connectivity index (χ0v) is 13.0. The SMILES string of the molecule is CCOC(CCCC[CH2][Mg][I])OCC. The Morgan fingerprint density at radius 1 is 1.07 bits per heavy atom. The molecule has 0 aliphatic rings. The normalized spacial score (nSPS) is 10.6. The molecule has 0 aliphatic heterocycles. The highest BCUT2D eigenvalue weighted by atomic mass is 127. The Labute approximate surface area is 108 Å². The van der Waals surface area contributed by atoms with E-state index in [1.807, 2.05) is 13.8 Å². The predicted octanol–water partition coefficient (Wildman–Crippen LogP) is 3.42. The average molecular weight is 324 g/mol. The van der Waals surface area contributed by atoms with Gasteiger partial charge in [-0.15, -0.1) is 4.55 Å². The summed E-state index contributed by atoms with van der Waals surface area (Å²) in [6.07, 6.45) is 5.09. The van der Waals surface area contributed by atoms with Gasteiger partial charge in [0.2, 0.25) is 0 Å². The molecule has 14 heavy (non-hydrogen) atoms. The van der Waals surface area contributed by atoms with Gasteiger partial charge in [-0.2, -0.15) is 0 Å². The van der Waals surface area contributed by atoms with E-state index in [1.54, 1.807) is 0 Å². The molecule has 0 unspecified atom stereocenters. The van der Waals surface area contributed by atoms with Gasteiger partial charge < -0.3 is 28.3 Å². The van der Waals surface area contributed by atoms with Crippen molar-refractivity contribution in [3.05, 3.63) is 0 Å². The molecule has 0 fully saturated rings. The van der Waals surface area contributed by atoms with Crippen molar-refractivity contribution in [2.24, 2.45) is 0 Å². The zero-order valence-electron chi connectivity index (χ0n) is 9.43. The van der Waals surface area contributed by atoms with Gasteiger partial charge in [-0.05, 0) is 26.7 Å². The van der Waals surface area contributed by atoms with E-state index in [0.29, 0.717) is 0 Å². The van der Waals surface area contributed by atoms with Crippen LogP contribution in [-0.4, -0.2) is 36.0 Å². The molecule has 0 aromatic heterocycles. The minimum atomic E-state index is 0.0434. The highest BCUT2D eigenvalue weighted by molar-refractivity contribution is 14.1. The summed E-state index contributed by atoms with van der Waals surface area (Å²) in [5.41, 5.74) is 0. The largest absolute Gasteiger partial charge is 0.463 e. The molecular weight excluding hydrogens is 303 g/mol. The van der Waals surface area contributed by atoms with Crippen LogP contribution in [0.15, 0.2) is 0 Å². The summed E-state index contributed by atoms with van der Waals surface area (Å²) in [7, 11) is 0. The van der Waals surface area contributed by atoms with Crippen molar-refractivity contribution in [2.45, 2.75) is 50.4 Å². The Bertz CT molecular complexity index is 108. The van der Waals surface area contributed by atoms with Crippen molar-refractivity contribution in [1.82, 2.24) is 0 Å². The first-order chi connectivity index (χ1) is 6.85. The summed E-state index contributed by atoms with van der Waals surface area (Å²) in [5.74, 6) is 0. The van der Waals surface area contributed by atoms with Crippen LogP contribution in [0, 0.1) is 0 Å². The second-order valence-electron chi connectivity index (χ2n) is 3.23. The maximum Gasteiger partial charge on any atom is 0.463 e. The van der Waals surface area contributed by atoms with Crippen molar-refractivity contribution in [2.75, 3.05) is 13.2 Å². The summed E-state index contributed by atoms with van der Waals surface area (Å²) >= 11 is 2.82. The van der Waals surface area contributed by atoms with Crippen molar-refractivity contribution < 1.29 is 9.47 Å². The van der Waals surface area contributed by atoms with Crippen LogP contribution >= 0.6 is 18.9 Å². The number of halogens is 1. The average Bonchev–Trinajstić information content (AvgIpc) is 2.18. The summed E-state index contributed by atoms with van der Waals surface area (Å²) in [6.45, 7) is 5.55. The molecule has 0 atom stereocenters. The van der Waals surface area contributed by atoms with E-state index in [4.69, 9.17) is 9.47 Å². The molecule has 0 heterocycles. The maximum absolute atomic E-state index is 5.47. The van der Waals surface area contributed by atoms with E-state index in [9.17, 15) is 0 Å². The third kappa shape index (κ3) is 9.95. The van der Waals surface area contributed by atoms with E-state index < -0.39 is 0 Å². The summed E-state index contributed by atoms with van der Waals surface area (Å²) in [6, 6.07) is 0. The lowest BCUT2D eigenvalue weighted by molar-refractivity contribution is -0.140. The molecule has 0 saturated carbocycles. The predicted molar refractivity (Wildman–Crippen MR) is 70.1 cm³/mol. The first-order valence-electron chi connectivity index (χ1n) is 5.64. The second-order valence-corrected chi connectivity index (χ2v) is 7.55. The van der Waals surface area contributed by atoms with Crippen LogP contribution in [0.5, 0.6) is 0 Å². The highest BCUT2D eigenvalue weighted by Crippen LogP contribution is 2.10. The van der Waals surface area contributed by atoms with Crippen molar-refractivity contribution in [3.8, 4) is 0 Å². The van der Waals surface area contributed by atoms with Gasteiger partial charge in [0.05, 0.1) is 0 Å². The fourth-order valence-electron chi connectivity index (χ4n) is 1.35. The minimum Gasteiger partial charge on any atom is -0.353 e. The number of ether oxygens (including phenoxy) is 2. The van der Waals surface area contributed by atoms with Crippen LogP contribution < -0.4 is 0 Å².